The summed E-state index contributed by atoms with van der Waals surface area (Å²) in [6.45, 7) is 0. The van der Waals surface area contributed by atoms with E-state index in [-0.39, 0.29) is 0 Å². The molecule has 70 valence electrons. The molecule has 0 aromatic heterocycles. The van der Waals surface area contributed by atoms with Crippen molar-refractivity contribution in [2.75, 3.05) is 5.32 Å². The quantitative estimate of drug-likeness (QED) is 0.864. The van der Waals surface area contributed by atoms with E-state index < -0.39 is 0 Å². The Labute approximate surface area is 95.2 Å². The van der Waals surface area contributed by atoms with Crippen molar-refractivity contribution in [1.82, 2.24) is 0 Å². The van der Waals surface area contributed by atoms with Gasteiger partial charge in [-0.3, -0.25) is 0 Å². The van der Waals surface area contributed by atoms with Gasteiger partial charge in [-0.05, 0) is 53.4 Å². The standard InChI is InChI=1S/C10H11Br2N/c11-7-4-5-10(9(12)6-7)13-8-2-1-3-8/h4-6,8,13H,1-3H2. The van der Waals surface area contributed by atoms with Crippen molar-refractivity contribution < 1.29 is 0 Å². The second-order valence-electron chi connectivity index (χ2n) is 3.40. The van der Waals surface area contributed by atoms with Gasteiger partial charge in [-0.15, -0.1) is 0 Å². The summed E-state index contributed by atoms with van der Waals surface area (Å²) in [5.41, 5.74) is 1.20. The van der Waals surface area contributed by atoms with Crippen LogP contribution in [0.2, 0.25) is 0 Å². The first-order chi connectivity index (χ1) is 6.25. The molecule has 0 bridgehead atoms. The van der Waals surface area contributed by atoms with Gasteiger partial charge in [0.2, 0.25) is 0 Å². The van der Waals surface area contributed by atoms with E-state index >= 15 is 0 Å². The lowest BCUT2D eigenvalue weighted by molar-refractivity contribution is 0.445. The van der Waals surface area contributed by atoms with E-state index in [9.17, 15) is 0 Å². The van der Waals surface area contributed by atoms with Crippen LogP contribution in [0.4, 0.5) is 5.69 Å². The first-order valence-corrected chi connectivity index (χ1v) is 6.06. The zero-order valence-electron chi connectivity index (χ0n) is 7.19. The Balaban J connectivity index is 2.10. The summed E-state index contributed by atoms with van der Waals surface area (Å²) >= 11 is 6.97. The highest BCUT2D eigenvalue weighted by Crippen LogP contribution is 2.30. The Morgan fingerprint density at radius 2 is 2.00 bits per heavy atom. The van der Waals surface area contributed by atoms with E-state index in [1.54, 1.807) is 0 Å². The molecule has 0 atom stereocenters. The van der Waals surface area contributed by atoms with Crippen LogP contribution in [0.1, 0.15) is 19.3 Å². The zero-order chi connectivity index (χ0) is 9.26. The molecule has 1 nitrogen and oxygen atoms in total. The molecule has 2 rings (SSSR count). The number of halogens is 2. The Hall–Kier alpha value is -0.0200. The van der Waals surface area contributed by atoms with Gasteiger partial charge in [-0.1, -0.05) is 15.9 Å². The molecule has 13 heavy (non-hydrogen) atoms. The van der Waals surface area contributed by atoms with Crippen molar-refractivity contribution in [3.8, 4) is 0 Å². The van der Waals surface area contributed by atoms with Crippen LogP contribution >= 0.6 is 31.9 Å². The Morgan fingerprint density at radius 1 is 1.23 bits per heavy atom. The number of benzene rings is 1. The average Bonchev–Trinajstić information content (AvgIpc) is 1.99. The molecule has 0 aliphatic heterocycles. The summed E-state index contributed by atoms with van der Waals surface area (Å²) in [6.07, 6.45) is 3.98. The molecule has 0 radical (unpaired) electrons. The monoisotopic (exact) mass is 303 g/mol. The first kappa shape index (κ1) is 9.53. The lowest BCUT2D eigenvalue weighted by Crippen LogP contribution is -2.27. The van der Waals surface area contributed by atoms with Gasteiger partial charge in [0.15, 0.2) is 0 Å². The van der Waals surface area contributed by atoms with Gasteiger partial charge < -0.3 is 5.32 Å². The van der Waals surface area contributed by atoms with Crippen LogP contribution in [0.15, 0.2) is 27.1 Å². The van der Waals surface area contributed by atoms with Crippen molar-refractivity contribution in [2.24, 2.45) is 0 Å². The van der Waals surface area contributed by atoms with Crippen LogP contribution < -0.4 is 5.32 Å². The highest BCUT2D eigenvalue weighted by molar-refractivity contribution is 9.11. The topological polar surface area (TPSA) is 12.0 Å². The first-order valence-electron chi connectivity index (χ1n) is 4.47. The number of nitrogens with one attached hydrogen (secondary N) is 1. The molecule has 1 aliphatic carbocycles. The fraction of sp³-hybridized carbons (Fsp3) is 0.400. The SMILES string of the molecule is Brc1ccc(NC2CCC2)c(Br)c1. The van der Waals surface area contributed by atoms with Gasteiger partial charge in [0, 0.05) is 20.7 Å². The van der Waals surface area contributed by atoms with E-state index in [0.717, 1.165) is 8.95 Å². The molecule has 0 amide bonds. The predicted octanol–water partition coefficient (Wildman–Crippen LogP) is 4.18. The van der Waals surface area contributed by atoms with E-state index in [2.05, 4.69) is 55.4 Å². The molecule has 1 N–H and O–H groups in total. The third-order valence-electron chi connectivity index (χ3n) is 2.40. The van der Waals surface area contributed by atoms with E-state index in [4.69, 9.17) is 0 Å². The third kappa shape index (κ3) is 2.26. The second-order valence-corrected chi connectivity index (χ2v) is 5.17. The molecule has 1 aromatic rings. The van der Waals surface area contributed by atoms with Crippen LogP contribution in [0, 0.1) is 0 Å². The van der Waals surface area contributed by atoms with Crippen LogP contribution in [-0.2, 0) is 0 Å². The van der Waals surface area contributed by atoms with Gasteiger partial charge >= 0.3 is 0 Å². The summed E-state index contributed by atoms with van der Waals surface area (Å²) < 4.78 is 2.24. The lowest BCUT2D eigenvalue weighted by atomic mass is 9.93. The highest BCUT2D eigenvalue weighted by Gasteiger charge is 2.17. The fourth-order valence-electron chi connectivity index (χ4n) is 1.38. The van der Waals surface area contributed by atoms with Gasteiger partial charge in [0.1, 0.15) is 0 Å². The smallest absolute Gasteiger partial charge is 0.0487 e. The molecule has 3 heteroatoms. The van der Waals surface area contributed by atoms with Crippen molar-refractivity contribution in [2.45, 2.75) is 25.3 Å². The summed E-state index contributed by atoms with van der Waals surface area (Å²) in [5.74, 6) is 0. The Morgan fingerprint density at radius 3 is 2.54 bits per heavy atom. The maximum atomic E-state index is 3.54. The normalized spacial score (nSPS) is 16.8. The Kier molecular flexibility index (Phi) is 2.94. The Bertz CT molecular complexity index is 308. The van der Waals surface area contributed by atoms with E-state index in [0.29, 0.717) is 6.04 Å². The molecule has 0 unspecified atom stereocenters. The molecule has 1 fully saturated rings. The van der Waals surface area contributed by atoms with E-state index in [1.807, 2.05) is 0 Å². The maximum Gasteiger partial charge on any atom is 0.0487 e. The van der Waals surface area contributed by atoms with Gasteiger partial charge in [0.05, 0.1) is 0 Å². The van der Waals surface area contributed by atoms with Crippen molar-refractivity contribution in [3.05, 3.63) is 27.1 Å². The van der Waals surface area contributed by atoms with Crippen molar-refractivity contribution >= 4 is 37.5 Å². The summed E-state index contributed by atoms with van der Waals surface area (Å²) in [6, 6.07) is 6.93. The molecule has 0 heterocycles. The molecule has 1 saturated carbocycles. The van der Waals surface area contributed by atoms with Crippen LogP contribution in [0.25, 0.3) is 0 Å². The van der Waals surface area contributed by atoms with E-state index in [1.165, 1.54) is 24.9 Å². The number of hydrogen-bond donors (Lipinski definition) is 1. The highest BCUT2D eigenvalue weighted by atomic mass is 79.9. The average molecular weight is 305 g/mol. The maximum absolute atomic E-state index is 3.54. The van der Waals surface area contributed by atoms with Crippen LogP contribution in [-0.4, -0.2) is 6.04 Å². The van der Waals surface area contributed by atoms with Crippen LogP contribution in [0.3, 0.4) is 0 Å². The molecule has 1 aliphatic rings. The second kappa shape index (κ2) is 4.01. The fourth-order valence-corrected chi connectivity index (χ4v) is 2.54. The van der Waals surface area contributed by atoms with Crippen LogP contribution in [0.5, 0.6) is 0 Å². The van der Waals surface area contributed by atoms with Gasteiger partial charge in [-0.2, -0.15) is 0 Å². The minimum Gasteiger partial charge on any atom is -0.381 e. The molecule has 0 saturated heterocycles. The minimum atomic E-state index is 0.692. The molecule has 0 spiro atoms. The van der Waals surface area contributed by atoms with Crippen molar-refractivity contribution in [1.29, 1.82) is 0 Å². The predicted molar refractivity (Wildman–Crippen MR) is 63.1 cm³/mol. The molecular formula is C10H11Br2N. The number of anilines is 1. The minimum absolute atomic E-state index is 0.692. The molecule has 1 aromatic carbocycles. The summed E-state index contributed by atoms with van der Waals surface area (Å²) in [7, 11) is 0. The molecular weight excluding hydrogens is 294 g/mol. The third-order valence-corrected chi connectivity index (χ3v) is 3.55. The summed E-state index contributed by atoms with van der Waals surface area (Å²) in [5, 5.41) is 3.51. The van der Waals surface area contributed by atoms with Gasteiger partial charge in [0.25, 0.3) is 0 Å². The largest absolute Gasteiger partial charge is 0.381 e. The summed E-state index contributed by atoms with van der Waals surface area (Å²) in [4.78, 5) is 0. The number of hydrogen-bond acceptors (Lipinski definition) is 1. The zero-order valence-corrected chi connectivity index (χ0v) is 10.4. The van der Waals surface area contributed by atoms with Crippen molar-refractivity contribution in [3.63, 3.8) is 0 Å². The van der Waals surface area contributed by atoms with Gasteiger partial charge in [-0.25, -0.2) is 0 Å². The number of rotatable bonds is 2. The lowest BCUT2D eigenvalue weighted by Gasteiger charge is -2.28.